The fourth-order valence-electron chi connectivity index (χ4n) is 2.28. The minimum Gasteiger partial charge on any atom is -0.380 e. The van der Waals surface area contributed by atoms with Crippen LogP contribution in [0, 0.1) is 0 Å². The van der Waals surface area contributed by atoms with E-state index in [1.54, 1.807) is 11.3 Å². The predicted molar refractivity (Wildman–Crippen MR) is 90.7 cm³/mol. The molecule has 3 rings (SSSR count). The Balaban J connectivity index is 1.79. The van der Waals surface area contributed by atoms with Gasteiger partial charge in [-0.25, -0.2) is 4.98 Å². The normalized spacial score (nSPS) is 10.5. The molecule has 1 N–H and O–H groups in total. The largest absolute Gasteiger partial charge is 0.380 e. The molecule has 0 fully saturated rings. The minimum atomic E-state index is 0.821. The molecule has 2 aromatic carbocycles. The number of aryl methyl sites for hydroxylation is 1. The number of hydrogen-bond donors (Lipinski definition) is 1. The Bertz CT molecular complexity index is 704. The number of anilines is 1. The Morgan fingerprint density at radius 3 is 2.52 bits per heavy atom. The zero-order valence-corrected chi connectivity index (χ0v) is 12.9. The highest BCUT2D eigenvalue weighted by Gasteiger charge is 2.05. The van der Waals surface area contributed by atoms with Gasteiger partial charge >= 0.3 is 0 Å². The second kappa shape index (κ2) is 6.55. The maximum atomic E-state index is 4.41. The fraction of sp³-hybridized carbons (Fsp3) is 0.167. The molecule has 106 valence electrons. The van der Waals surface area contributed by atoms with E-state index in [2.05, 4.69) is 65.8 Å². The monoisotopic (exact) mass is 294 g/mol. The third-order valence-electron chi connectivity index (χ3n) is 3.37. The Labute approximate surface area is 129 Å². The van der Waals surface area contributed by atoms with Crippen LogP contribution in [0.1, 0.15) is 16.8 Å². The molecule has 1 heterocycles. The van der Waals surface area contributed by atoms with E-state index in [0.717, 1.165) is 18.7 Å². The lowest BCUT2D eigenvalue weighted by Crippen LogP contribution is -1.99. The molecule has 21 heavy (non-hydrogen) atoms. The van der Waals surface area contributed by atoms with Crippen molar-refractivity contribution in [2.24, 2.45) is 0 Å². The first-order valence-corrected chi connectivity index (χ1v) is 8.00. The maximum absolute atomic E-state index is 4.41. The molecule has 0 amide bonds. The van der Waals surface area contributed by atoms with E-state index in [1.165, 1.54) is 21.0 Å². The van der Waals surface area contributed by atoms with E-state index >= 15 is 0 Å². The number of rotatable bonds is 5. The van der Waals surface area contributed by atoms with Crippen molar-refractivity contribution in [3.63, 3.8) is 0 Å². The topological polar surface area (TPSA) is 24.9 Å². The summed E-state index contributed by atoms with van der Waals surface area (Å²) in [6.07, 6.45) is 2.98. The first kappa shape index (κ1) is 13.8. The highest BCUT2D eigenvalue weighted by atomic mass is 32.1. The molecule has 0 aliphatic carbocycles. The van der Waals surface area contributed by atoms with Gasteiger partial charge in [0.15, 0.2) is 0 Å². The average molecular weight is 294 g/mol. The molecule has 3 aromatic rings. The molecule has 0 spiro atoms. The van der Waals surface area contributed by atoms with Crippen LogP contribution in [-0.4, -0.2) is 4.98 Å². The zero-order valence-electron chi connectivity index (χ0n) is 12.0. The first-order valence-electron chi connectivity index (χ1n) is 7.18. The average Bonchev–Trinajstić information content (AvgIpc) is 3.02. The molecule has 0 aliphatic heterocycles. The van der Waals surface area contributed by atoms with Crippen LogP contribution >= 0.6 is 11.3 Å². The molecular formula is C18H18N2S. The van der Waals surface area contributed by atoms with E-state index in [9.17, 15) is 0 Å². The van der Waals surface area contributed by atoms with Gasteiger partial charge in [0.05, 0.1) is 11.6 Å². The number of hydrogen-bond acceptors (Lipinski definition) is 3. The summed E-state index contributed by atoms with van der Waals surface area (Å²) in [5, 5.41) is 4.73. The summed E-state index contributed by atoms with van der Waals surface area (Å²) < 4.78 is 0. The summed E-state index contributed by atoms with van der Waals surface area (Å²) in [5.74, 6) is 0. The molecule has 3 heteroatoms. The third-order valence-corrected chi connectivity index (χ3v) is 4.51. The van der Waals surface area contributed by atoms with Gasteiger partial charge in [0.25, 0.3) is 0 Å². The van der Waals surface area contributed by atoms with Gasteiger partial charge in [0, 0.05) is 22.3 Å². The summed E-state index contributed by atoms with van der Waals surface area (Å²) >= 11 is 1.78. The lowest BCUT2D eigenvalue weighted by atomic mass is 10.0. The van der Waals surface area contributed by atoms with Gasteiger partial charge in [-0.3, -0.25) is 0 Å². The molecule has 0 radical (unpaired) electrons. The second-order valence-electron chi connectivity index (χ2n) is 4.84. The lowest BCUT2D eigenvalue weighted by Gasteiger charge is -2.11. The van der Waals surface area contributed by atoms with Crippen molar-refractivity contribution in [1.82, 2.24) is 4.98 Å². The molecule has 0 bridgehead atoms. The summed E-state index contributed by atoms with van der Waals surface area (Å²) in [4.78, 5) is 5.68. The summed E-state index contributed by atoms with van der Waals surface area (Å²) in [5.41, 5.74) is 3.63. The van der Waals surface area contributed by atoms with E-state index < -0.39 is 0 Å². The van der Waals surface area contributed by atoms with Gasteiger partial charge in [-0.05, 0) is 18.1 Å². The van der Waals surface area contributed by atoms with Crippen molar-refractivity contribution in [3.8, 4) is 11.1 Å². The van der Waals surface area contributed by atoms with Crippen molar-refractivity contribution < 1.29 is 0 Å². The van der Waals surface area contributed by atoms with Crippen molar-refractivity contribution >= 4 is 17.0 Å². The fourth-order valence-corrected chi connectivity index (χ4v) is 3.08. The van der Waals surface area contributed by atoms with Crippen LogP contribution in [0.3, 0.4) is 0 Å². The van der Waals surface area contributed by atoms with Crippen LogP contribution in [0.5, 0.6) is 0 Å². The molecule has 1 aromatic heterocycles. The Morgan fingerprint density at radius 1 is 1.00 bits per heavy atom. The maximum Gasteiger partial charge on any atom is 0.0925 e. The van der Waals surface area contributed by atoms with Crippen LogP contribution in [0.25, 0.3) is 11.1 Å². The van der Waals surface area contributed by atoms with Crippen LogP contribution in [0.15, 0.2) is 60.8 Å². The molecule has 0 atom stereocenters. The number of thiazole rings is 1. The Hall–Kier alpha value is -2.13. The smallest absolute Gasteiger partial charge is 0.0925 e. The highest BCUT2D eigenvalue weighted by molar-refractivity contribution is 7.11. The van der Waals surface area contributed by atoms with Gasteiger partial charge in [0.1, 0.15) is 0 Å². The quantitative estimate of drug-likeness (QED) is 0.717. The summed E-state index contributed by atoms with van der Waals surface area (Å²) in [6.45, 7) is 2.96. The first-order chi connectivity index (χ1) is 10.4. The number of aromatic nitrogens is 1. The van der Waals surface area contributed by atoms with E-state index in [4.69, 9.17) is 0 Å². The van der Waals surface area contributed by atoms with Crippen molar-refractivity contribution in [2.75, 3.05) is 5.32 Å². The van der Waals surface area contributed by atoms with E-state index in [1.807, 2.05) is 12.3 Å². The van der Waals surface area contributed by atoms with Gasteiger partial charge in [-0.2, -0.15) is 0 Å². The van der Waals surface area contributed by atoms with Crippen molar-refractivity contribution in [1.29, 1.82) is 0 Å². The molecular weight excluding hydrogens is 276 g/mol. The number of para-hydroxylation sites is 1. The van der Waals surface area contributed by atoms with Crippen LogP contribution in [0.4, 0.5) is 5.69 Å². The third kappa shape index (κ3) is 3.31. The van der Waals surface area contributed by atoms with Gasteiger partial charge in [-0.15, -0.1) is 11.3 Å². The van der Waals surface area contributed by atoms with Crippen molar-refractivity contribution in [2.45, 2.75) is 19.9 Å². The van der Waals surface area contributed by atoms with Gasteiger partial charge in [0.2, 0.25) is 0 Å². The van der Waals surface area contributed by atoms with Crippen molar-refractivity contribution in [3.05, 3.63) is 70.7 Å². The van der Waals surface area contributed by atoms with Crippen LogP contribution in [-0.2, 0) is 13.0 Å². The second-order valence-corrected chi connectivity index (χ2v) is 6.04. The van der Waals surface area contributed by atoms with E-state index in [-0.39, 0.29) is 0 Å². The van der Waals surface area contributed by atoms with Crippen LogP contribution in [0.2, 0.25) is 0 Å². The molecule has 0 saturated heterocycles. The van der Waals surface area contributed by atoms with Gasteiger partial charge < -0.3 is 5.32 Å². The number of benzene rings is 2. The highest BCUT2D eigenvalue weighted by Crippen LogP contribution is 2.28. The number of nitrogens with one attached hydrogen (secondary N) is 1. The molecule has 0 aliphatic rings. The van der Waals surface area contributed by atoms with Crippen LogP contribution < -0.4 is 5.32 Å². The SMILES string of the molecule is CCc1ncc(CNc2ccccc2-c2ccccc2)s1. The molecule has 2 nitrogen and oxygen atoms in total. The minimum absolute atomic E-state index is 0.821. The van der Waals surface area contributed by atoms with Gasteiger partial charge in [-0.1, -0.05) is 55.5 Å². The van der Waals surface area contributed by atoms with E-state index in [0.29, 0.717) is 0 Å². The zero-order chi connectivity index (χ0) is 14.5. The summed E-state index contributed by atoms with van der Waals surface area (Å²) in [6, 6.07) is 18.9. The predicted octanol–water partition coefficient (Wildman–Crippen LogP) is 4.98. The standard InChI is InChI=1S/C18H18N2S/c1-2-18-20-13-15(21-18)12-19-17-11-7-6-10-16(17)14-8-4-3-5-9-14/h3-11,13,19H,2,12H2,1H3. The molecule has 0 saturated carbocycles. The number of nitrogens with zero attached hydrogens (tertiary/aromatic N) is 1. The molecule has 0 unspecified atom stereocenters. The Kier molecular flexibility index (Phi) is 4.31. The lowest BCUT2D eigenvalue weighted by molar-refractivity contribution is 1.09. The Morgan fingerprint density at radius 2 is 1.76 bits per heavy atom. The summed E-state index contributed by atoms with van der Waals surface area (Å²) in [7, 11) is 0.